The molecule has 0 bridgehead atoms. The molecular formula is C20H19BrN6O3. The van der Waals surface area contributed by atoms with Gasteiger partial charge in [0, 0.05) is 10.7 Å². The molecule has 0 spiro atoms. The number of aromatic nitrogens is 6. The van der Waals surface area contributed by atoms with Crippen molar-refractivity contribution < 1.29 is 14.3 Å². The summed E-state index contributed by atoms with van der Waals surface area (Å²) in [7, 11) is 1.54. The molecule has 0 unspecified atom stereocenters. The zero-order valence-electron chi connectivity index (χ0n) is 16.6. The normalized spacial score (nSPS) is 12.1. The van der Waals surface area contributed by atoms with Crippen LogP contribution in [0.3, 0.4) is 0 Å². The minimum Gasteiger partial charge on any atom is -0.479 e. The third-order valence-electron chi connectivity index (χ3n) is 4.61. The number of nitrogens with zero attached hydrogens (tertiary/aromatic N) is 6. The SMILES string of the molecule is CCOC(=O)c1cnn(-c2nc(OC)c3c(cnn3[C@H](C)c3ccc(Br)cc3)n2)c1. The Morgan fingerprint density at radius 1 is 1.17 bits per heavy atom. The van der Waals surface area contributed by atoms with Gasteiger partial charge in [-0.05, 0) is 31.5 Å². The number of halogens is 1. The molecule has 3 heterocycles. The number of hydrogen-bond donors (Lipinski definition) is 0. The molecule has 0 N–H and O–H groups in total. The molecule has 1 aromatic carbocycles. The Morgan fingerprint density at radius 2 is 1.93 bits per heavy atom. The number of esters is 1. The van der Waals surface area contributed by atoms with Crippen molar-refractivity contribution in [3.8, 4) is 11.8 Å². The van der Waals surface area contributed by atoms with Crippen molar-refractivity contribution in [1.29, 1.82) is 0 Å². The highest BCUT2D eigenvalue weighted by Crippen LogP contribution is 2.29. The average Bonchev–Trinajstić information content (AvgIpc) is 3.41. The van der Waals surface area contributed by atoms with Crippen molar-refractivity contribution >= 4 is 32.9 Å². The van der Waals surface area contributed by atoms with Gasteiger partial charge in [-0.25, -0.2) is 14.5 Å². The number of ether oxygens (including phenoxy) is 2. The Kier molecular flexibility index (Phi) is 5.49. The molecule has 0 radical (unpaired) electrons. The zero-order valence-corrected chi connectivity index (χ0v) is 18.2. The van der Waals surface area contributed by atoms with E-state index in [4.69, 9.17) is 9.47 Å². The topological polar surface area (TPSA) is 97.0 Å². The van der Waals surface area contributed by atoms with Gasteiger partial charge in [0.2, 0.25) is 5.88 Å². The minimum atomic E-state index is -0.451. The molecule has 0 aliphatic carbocycles. The van der Waals surface area contributed by atoms with Crippen LogP contribution in [0.2, 0.25) is 0 Å². The van der Waals surface area contributed by atoms with Crippen LogP contribution in [-0.4, -0.2) is 49.2 Å². The van der Waals surface area contributed by atoms with Crippen LogP contribution in [0.5, 0.6) is 5.88 Å². The molecule has 1 atom stereocenters. The Bertz CT molecular complexity index is 1200. The molecule has 4 rings (SSSR count). The van der Waals surface area contributed by atoms with Crippen molar-refractivity contribution in [2.45, 2.75) is 19.9 Å². The van der Waals surface area contributed by atoms with E-state index in [2.05, 4.69) is 36.1 Å². The molecule has 4 aromatic rings. The van der Waals surface area contributed by atoms with E-state index in [0.29, 0.717) is 22.5 Å². The summed E-state index contributed by atoms with van der Waals surface area (Å²) < 4.78 is 14.8. The molecule has 0 amide bonds. The largest absolute Gasteiger partial charge is 0.479 e. The third kappa shape index (κ3) is 3.65. The Morgan fingerprint density at radius 3 is 2.63 bits per heavy atom. The van der Waals surface area contributed by atoms with Crippen LogP contribution in [0.4, 0.5) is 0 Å². The summed E-state index contributed by atoms with van der Waals surface area (Å²) in [5, 5.41) is 8.69. The summed E-state index contributed by atoms with van der Waals surface area (Å²) >= 11 is 3.46. The first-order valence-electron chi connectivity index (χ1n) is 9.28. The minimum absolute atomic E-state index is 0.0564. The van der Waals surface area contributed by atoms with Crippen molar-refractivity contribution in [1.82, 2.24) is 29.5 Å². The number of fused-ring (bicyclic) bond motifs is 1. The van der Waals surface area contributed by atoms with E-state index in [1.807, 2.05) is 35.9 Å². The van der Waals surface area contributed by atoms with Crippen LogP contribution in [-0.2, 0) is 4.74 Å². The molecule has 154 valence electrons. The molecule has 9 nitrogen and oxygen atoms in total. The maximum atomic E-state index is 11.9. The molecule has 30 heavy (non-hydrogen) atoms. The molecule has 0 aliphatic rings. The third-order valence-corrected chi connectivity index (χ3v) is 5.14. The number of carbonyl (C=O) groups excluding carboxylic acids is 1. The van der Waals surface area contributed by atoms with Crippen LogP contribution >= 0.6 is 15.9 Å². The number of methoxy groups -OCH3 is 1. The lowest BCUT2D eigenvalue weighted by Crippen LogP contribution is -2.10. The monoisotopic (exact) mass is 470 g/mol. The lowest BCUT2D eigenvalue weighted by atomic mass is 10.1. The van der Waals surface area contributed by atoms with E-state index in [-0.39, 0.29) is 18.6 Å². The molecular weight excluding hydrogens is 452 g/mol. The quantitative estimate of drug-likeness (QED) is 0.397. The summed E-state index contributed by atoms with van der Waals surface area (Å²) in [6, 6.07) is 7.98. The second-order valence-corrected chi connectivity index (χ2v) is 7.39. The molecule has 10 heteroatoms. The van der Waals surface area contributed by atoms with Gasteiger partial charge < -0.3 is 9.47 Å². The Balaban J connectivity index is 1.74. The molecule has 0 fully saturated rings. The highest BCUT2D eigenvalue weighted by Gasteiger charge is 2.20. The lowest BCUT2D eigenvalue weighted by Gasteiger charge is -2.15. The summed E-state index contributed by atoms with van der Waals surface area (Å²) in [4.78, 5) is 20.9. The maximum Gasteiger partial charge on any atom is 0.341 e. The summed E-state index contributed by atoms with van der Waals surface area (Å²) in [6.07, 6.45) is 4.60. The van der Waals surface area contributed by atoms with Gasteiger partial charge in [-0.15, -0.1) is 0 Å². The lowest BCUT2D eigenvalue weighted by molar-refractivity contribution is 0.0526. The van der Waals surface area contributed by atoms with Gasteiger partial charge in [0.25, 0.3) is 5.95 Å². The zero-order chi connectivity index (χ0) is 21.3. The van der Waals surface area contributed by atoms with E-state index >= 15 is 0 Å². The fourth-order valence-corrected chi connectivity index (χ4v) is 3.36. The number of carbonyl (C=O) groups is 1. The smallest absolute Gasteiger partial charge is 0.341 e. The second kappa shape index (κ2) is 8.23. The first-order valence-corrected chi connectivity index (χ1v) is 10.1. The van der Waals surface area contributed by atoms with E-state index in [9.17, 15) is 4.79 Å². The van der Waals surface area contributed by atoms with Crippen LogP contribution in [0.15, 0.2) is 47.3 Å². The highest BCUT2D eigenvalue weighted by molar-refractivity contribution is 9.10. The van der Waals surface area contributed by atoms with E-state index in [1.54, 1.807) is 20.2 Å². The number of hydrogen-bond acceptors (Lipinski definition) is 7. The van der Waals surface area contributed by atoms with Crippen LogP contribution < -0.4 is 4.74 Å². The second-order valence-electron chi connectivity index (χ2n) is 6.48. The van der Waals surface area contributed by atoms with Crippen LogP contribution in [0.1, 0.15) is 35.8 Å². The maximum absolute atomic E-state index is 11.9. The predicted molar refractivity (Wildman–Crippen MR) is 113 cm³/mol. The first kappa shape index (κ1) is 20.0. The highest BCUT2D eigenvalue weighted by atomic mass is 79.9. The van der Waals surface area contributed by atoms with Crippen molar-refractivity contribution in [3.05, 3.63) is 58.5 Å². The molecule has 0 aliphatic heterocycles. The summed E-state index contributed by atoms with van der Waals surface area (Å²) in [5.41, 5.74) is 2.68. The standard InChI is InChI=1S/C20H19BrN6O3/c1-4-30-19(28)14-9-22-26(11-14)20-24-16-10-23-27(17(16)18(25-20)29-3)12(2)13-5-7-15(21)8-6-13/h5-12H,4H2,1-3H3/t12-/m1/s1. The summed E-state index contributed by atoms with van der Waals surface area (Å²) in [5.74, 6) is 0.184. The van der Waals surface area contributed by atoms with Crippen molar-refractivity contribution in [2.24, 2.45) is 0 Å². The molecule has 0 saturated carbocycles. The van der Waals surface area contributed by atoms with Gasteiger partial charge in [-0.1, -0.05) is 28.1 Å². The number of benzene rings is 1. The van der Waals surface area contributed by atoms with Gasteiger partial charge in [-0.2, -0.15) is 15.2 Å². The molecule has 3 aromatic heterocycles. The van der Waals surface area contributed by atoms with Crippen molar-refractivity contribution in [2.75, 3.05) is 13.7 Å². The Hall–Kier alpha value is -3.27. The van der Waals surface area contributed by atoms with E-state index < -0.39 is 5.97 Å². The summed E-state index contributed by atoms with van der Waals surface area (Å²) in [6.45, 7) is 4.08. The Labute approximate surface area is 180 Å². The average molecular weight is 471 g/mol. The first-order chi connectivity index (χ1) is 14.5. The van der Waals surface area contributed by atoms with Crippen LogP contribution in [0, 0.1) is 0 Å². The fraction of sp³-hybridized carbons (Fsp3) is 0.250. The van der Waals surface area contributed by atoms with Gasteiger partial charge in [-0.3, -0.25) is 4.68 Å². The molecule has 0 saturated heterocycles. The van der Waals surface area contributed by atoms with Gasteiger partial charge in [0.15, 0.2) is 0 Å². The number of rotatable bonds is 6. The van der Waals surface area contributed by atoms with Gasteiger partial charge in [0.05, 0.1) is 37.7 Å². The van der Waals surface area contributed by atoms with Gasteiger partial charge in [0.1, 0.15) is 11.0 Å². The fourth-order valence-electron chi connectivity index (χ4n) is 3.09. The van der Waals surface area contributed by atoms with E-state index in [0.717, 1.165) is 10.0 Å². The van der Waals surface area contributed by atoms with Crippen LogP contribution in [0.25, 0.3) is 17.0 Å². The van der Waals surface area contributed by atoms with E-state index in [1.165, 1.54) is 17.1 Å². The van der Waals surface area contributed by atoms with Crippen molar-refractivity contribution in [3.63, 3.8) is 0 Å². The van der Waals surface area contributed by atoms with Gasteiger partial charge >= 0.3 is 5.97 Å². The predicted octanol–water partition coefficient (Wildman–Crippen LogP) is 3.57.